The molecule has 0 aliphatic rings. The van der Waals surface area contributed by atoms with E-state index < -0.39 is 6.10 Å². The van der Waals surface area contributed by atoms with E-state index in [0.717, 1.165) is 6.42 Å². The van der Waals surface area contributed by atoms with Gasteiger partial charge in [-0.3, -0.25) is 0 Å². The number of ether oxygens (including phenoxy) is 1. The van der Waals surface area contributed by atoms with Gasteiger partial charge in [0.15, 0.2) is 0 Å². The molecule has 0 saturated carbocycles. The van der Waals surface area contributed by atoms with Crippen LogP contribution in [-0.2, 0) is 4.74 Å². The van der Waals surface area contributed by atoms with Crippen LogP contribution in [0.1, 0.15) is 12.8 Å². The monoisotopic (exact) mass is 142 g/mol. The van der Waals surface area contributed by atoms with Crippen LogP contribution in [0, 0.1) is 0 Å². The van der Waals surface area contributed by atoms with Crippen LogP contribution in [0.15, 0.2) is 25.5 Å². The first kappa shape index (κ1) is 9.24. The highest BCUT2D eigenvalue weighted by molar-refractivity contribution is 4.69. The summed E-state index contributed by atoms with van der Waals surface area (Å²) < 4.78 is 4.77. The zero-order chi connectivity index (χ0) is 7.82. The quantitative estimate of drug-likeness (QED) is 0.449. The average Bonchev–Trinajstić information content (AvgIpc) is 1.97. The molecule has 10 heavy (non-hydrogen) atoms. The van der Waals surface area contributed by atoms with E-state index in [2.05, 4.69) is 13.2 Å². The molecule has 0 radical (unpaired) electrons. The summed E-state index contributed by atoms with van der Waals surface area (Å²) in [7, 11) is 0. The predicted octanol–water partition coefficient (Wildman–Crippen LogP) is 1.47. The van der Waals surface area contributed by atoms with Crippen LogP contribution in [0.5, 0.6) is 0 Å². The van der Waals surface area contributed by atoms with Crippen LogP contribution >= 0.6 is 0 Å². The fraction of sp³-hybridized carbons (Fsp3) is 0.500. The number of aliphatic hydroxyl groups excluding tert-OH is 1. The smallest absolute Gasteiger partial charge is 0.113 e. The third-order valence-electron chi connectivity index (χ3n) is 1.11. The number of hydrogen-bond donors (Lipinski definition) is 1. The number of hydrogen-bond acceptors (Lipinski definition) is 2. The van der Waals surface area contributed by atoms with E-state index in [1.165, 1.54) is 6.26 Å². The summed E-state index contributed by atoms with van der Waals surface area (Å²) in [6.07, 6.45) is 4.24. The van der Waals surface area contributed by atoms with Crippen molar-refractivity contribution in [2.75, 3.05) is 6.61 Å². The second-order valence-corrected chi connectivity index (χ2v) is 2.02. The Kier molecular flexibility index (Phi) is 5.88. The van der Waals surface area contributed by atoms with E-state index in [1.807, 2.05) is 0 Å². The SMILES string of the molecule is C=CCCC(O)COC=C. The summed E-state index contributed by atoms with van der Waals surface area (Å²) in [5.41, 5.74) is 0. The van der Waals surface area contributed by atoms with Crippen molar-refractivity contribution in [3.63, 3.8) is 0 Å². The molecular formula is C8H14O2. The molecule has 1 atom stereocenters. The Hall–Kier alpha value is -0.760. The molecule has 1 unspecified atom stereocenters. The highest BCUT2D eigenvalue weighted by Crippen LogP contribution is 1.97. The highest BCUT2D eigenvalue weighted by Gasteiger charge is 2.00. The average molecular weight is 142 g/mol. The lowest BCUT2D eigenvalue weighted by atomic mass is 10.2. The zero-order valence-electron chi connectivity index (χ0n) is 6.12. The summed E-state index contributed by atoms with van der Waals surface area (Å²) in [5, 5.41) is 9.09. The Bertz CT molecular complexity index is 87.4. The normalized spacial score (nSPS) is 12.1. The first-order chi connectivity index (χ1) is 4.81. The van der Waals surface area contributed by atoms with E-state index in [9.17, 15) is 0 Å². The number of allylic oxidation sites excluding steroid dienone is 1. The molecule has 0 fully saturated rings. The molecule has 0 rings (SSSR count). The van der Waals surface area contributed by atoms with Crippen LogP contribution in [-0.4, -0.2) is 17.8 Å². The predicted molar refractivity (Wildman–Crippen MR) is 41.6 cm³/mol. The molecule has 0 heterocycles. The van der Waals surface area contributed by atoms with Gasteiger partial charge in [-0.25, -0.2) is 0 Å². The van der Waals surface area contributed by atoms with Gasteiger partial charge in [-0.05, 0) is 12.8 Å². The van der Waals surface area contributed by atoms with Crippen molar-refractivity contribution >= 4 is 0 Å². The number of rotatable bonds is 6. The van der Waals surface area contributed by atoms with Gasteiger partial charge in [0.2, 0.25) is 0 Å². The maximum atomic E-state index is 9.09. The van der Waals surface area contributed by atoms with Gasteiger partial charge in [-0.1, -0.05) is 12.7 Å². The summed E-state index contributed by atoms with van der Waals surface area (Å²) in [4.78, 5) is 0. The first-order valence-electron chi connectivity index (χ1n) is 3.32. The minimum atomic E-state index is -0.393. The lowest BCUT2D eigenvalue weighted by molar-refractivity contribution is 0.0790. The fourth-order valence-electron chi connectivity index (χ4n) is 0.573. The van der Waals surface area contributed by atoms with Crippen LogP contribution in [0.3, 0.4) is 0 Å². The van der Waals surface area contributed by atoms with Crippen molar-refractivity contribution in [3.8, 4) is 0 Å². The standard InChI is InChI=1S/C8H14O2/c1-3-5-6-8(9)7-10-4-2/h3-4,8-9H,1-2,5-7H2. The lowest BCUT2D eigenvalue weighted by Crippen LogP contribution is -2.12. The van der Waals surface area contributed by atoms with Crippen LogP contribution in [0.4, 0.5) is 0 Å². The molecular weight excluding hydrogens is 128 g/mol. The minimum Gasteiger partial charge on any atom is -0.499 e. The maximum Gasteiger partial charge on any atom is 0.113 e. The molecule has 0 aliphatic carbocycles. The molecule has 1 N–H and O–H groups in total. The Morgan fingerprint density at radius 2 is 2.20 bits per heavy atom. The second kappa shape index (κ2) is 6.36. The summed E-state index contributed by atoms with van der Waals surface area (Å²) in [5.74, 6) is 0. The third-order valence-corrected chi connectivity index (χ3v) is 1.11. The van der Waals surface area contributed by atoms with Gasteiger partial charge in [-0.2, -0.15) is 0 Å². The lowest BCUT2D eigenvalue weighted by Gasteiger charge is -2.07. The van der Waals surface area contributed by atoms with Crippen molar-refractivity contribution < 1.29 is 9.84 Å². The van der Waals surface area contributed by atoms with Crippen molar-refractivity contribution in [2.24, 2.45) is 0 Å². The molecule has 0 aliphatic heterocycles. The molecule has 2 heteroatoms. The minimum absolute atomic E-state index is 0.331. The van der Waals surface area contributed by atoms with Crippen LogP contribution in [0.2, 0.25) is 0 Å². The van der Waals surface area contributed by atoms with Crippen molar-refractivity contribution in [3.05, 3.63) is 25.5 Å². The molecule has 0 aromatic rings. The molecule has 0 spiro atoms. The van der Waals surface area contributed by atoms with E-state index in [1.54, 1.807) is 6.08 Å². The van der Waals surface area contributed by atoms with Crippen molar-refractivity contribution in [2.45, 2.75) is 18.9 Å². The molecule has 0 aromatic carbocycles. The molecule has 0 bridgehead atoms. The topological polar surface area (TPSA) is 29.5 Å². The Labute approximate surface area is 61.8 Å². The first-order valence-corrected chi connectivity index (χ1v) is 3.32. The van der Waals surface area contributed by atoms with Crippen molar-refractivity contribution in [1.29, 1.82) is 0 Å². The van der Waals surface area contributed by atoms with Gasteiger partial charge in [0.25, 0.3) is 0 Å². The summed E-state index contributed by atoms with van der Waals surface area (Å²) in [6, 6.07) is 0. The van der Waals surface area contributed by atoms with Crippen LogP contribution in [0.25, 0.3) is 0 Å². The van der Waals surface area contributed by atoms with Crippen molar-refractivity contribution in [1.82, 2.24) is 0 Å². The summed E-state index contributed by atoms with van der Waals surface area (Å²) in [6.45, 7) is 7.23. The Morgan fingerprint density at radius 1 is 1.50 bits per heavy atom. The van der Waals surface area contributed by atoms with Crippen LogP contribution < -0.4 is 0 Å². The maximum absolute atomic E-state index is 9.09. The number of aliphatic hydroxyl groups is 1. The summed E-state index contributed by atoms with van der Waals surface area (Å²) >= 11 is 0. The van der Waals surface area contributed by atoms with Gasteiger partial charge >= 0.3 is 0 Å². The Morgan fingerprint density at radius 3 is 2.70 bits per heavy atom. The van der Waals surface area contributed by atoms with Gasteiger partial charge in [0.05, 0.1) is 12.4 Å². The van der Waals surface area contributed by atoms with E-state index in [4.69, 9.17) is 9.84 Å². The van der Waals surface area contributed by atoms with E-state index in [-0.39, 0.29) is 0 Å². The van der Waals surface area contributed by atoms with E-state index in [0.29, 0.717) is 13.0 Å². The molecule has 0 aromatic heterocycles. The largest absolute Gasteiger partial charge is 0.499 e. The van der Waals surface area contributed by atoms with Gasteiger partial charge < -0.3 is 9.84 Å². The molecule has 58 valence electrons. The van der Waals surface area contributed by atoms with Gasteiger partial charge in [0, 0.05) is 0 Å². The highest BCUT2D eigenvalue weighted by atomic mass is 16.5. The third kappa shape index (κ3) is 5.38. The fourth-order valence-corrected chi connectivity index (χ4v) is 0.573. The Balaban J connectivity index is 3.15. The second-order valence-electron chi connectivity index (χ2n) is 2.02. The molecule has 0 saturated heterocycles. The van der Waals surface area contributed by atoms with Gasteiger partial charge in [-0.15, -0.1) is 6.58 Å². The van der Waals surface area contributed by atoms with Gasteiger partial charge in [0.1, 0.15) is 6.61 Å². The van der Waals surface area contributed by atoms with E-state index >= 15 is 0 Å². The zero-order valence-corrected chi connectivity index (χ0v) is 6.12. The molecule has 0 amide bonds. The molecule has 2 nitrogen and oxygen atoms in total.